The van der Waals surface area contributed by atoms with Gasteiger partial charge in [-0.3, -0.25) is 9.59 Å². The number of hydrogen-bond acceptors (Lipinski definition) is 5. The number of amides is 1. The molecule has 152 valence electrons. The fraction of sp³-hybridized carbons (Fsp3) is 0.591. The zero-order valence-corrected chi connectivity index (χ0v) is 18.0. The van der Waals surface area contributed by atoms with Gasteiger partial charge in [-0.1, -0.05) is 25.0 Å². The molecule has 6 heteroatoms. The molecule has 1 aliphatic rings. The van der Waals surface area contributed by atoms with Crippen molar-refractivity contribution < 1.29 is 14.3 Å². The summed E-state index contributed by atoms with van der Waals surface area (Å²) in [4.78, 5) is 31.9. The highest BCUT2D eigenvalue weighted by atomic mass is 32.1. The number of benzene rings is 1. The van der Waals surface area contributed by atoms with E-state index in [1.54, 1.807) is 16.2 Å². The molecule has 28 heavy (non-hydrogen) atoms. The zero-order chi connectivity index (χ0) is 20.3. The van der Waals surface area contributed by atoms with Crippen LogP contribution in [0.4, 0.5) is 0 Å². The average Bonchev–Trinajstić information content (AvgIpc) is 3.09. The minimum Gasteiger partial charge on any atom is -0.455 e. The van der Waals surface area contributed by atoms with Gasteiger partial charge in [-0.05, 0) is 52.7 Å². The molecule has 0 aliphatic heterocycles. The molecule has 1 aromatic carbocycles. The second-order valence-corrected chi connectivity index (χ2v) is 9.18. The van der Waals surface area contributed by atoms with Crippen LogP contribution in [0.25, 0.3) is 10.2 Å². The number of rotatable bonds is 6. The minimum atomic E-state index is -0.259. The van der Waals surface area contributed by atoms with Crippen molar-refractivity contribution >= 4 is 33.4 Å². The van der Waals surface area contributed by atoms with Crippen LogP contribution in [0.2, 0.25) is 0 Å². The predicted octanol–water partition coefficient (Wildman–Crippen LogP) is 4.76. The van der Waals surface area contributed by atoms with Crippen molar-refractivity contribution in [3.8, 4) is 0 Å². The van der Waals surface area contributed by atoms with Gasteiger partial charge in [0.25, 0.3) is 5.91 Å². The molecule has 0 spiro atoms. The highest BCUT2D eigenvalue weighted by molar-refractivity contribution is 7.18. The first kappa shape index (κ1) is 20.8. The third-order valence-corrected chi connectivity index (χ3v) is 6.60. The van der Waals surface area contributed by atoms with E-state index in [0.717, 1.165) is 40.9 Å². The molecular formula is C22H30N2O3S. The first-order valence-corrected chi connectivity index (χ1v) is 11.0. The van der Waals surface area contributed by atoms with E-state index >= 15 is 0 Å². The Kier molecular flexibility index (Phi) is 6.70. The van der Waals surface area contributed by atoms with Gasteiger partial charge in [-0.25, -0.2) is 4.98 Å². The van der Waals surface area contributed by atoms with Crippen molar-refractivity contribution in [2.45, 2.75) is 71.4 Å². The molecule has 5 nitrogen and oxygen atoms in total. The number of carbonyl (C=O) groups is 2. The van der Waals surface area contributed by atoms with Gasteiger partial charge < -0.3 is 9.64 Å². The summed E-state index contributed by atoms with van der Waals surface area (Å²) >= 11 is 1.67. The van der Waals surface area contributed by atoms with Crippen LogP contribution in [0.5, 0.6) is 0 Å². The first-order chi connectivity index (χ1) is 13.4. The Bertz CT molecular complexity index is 789. The van der Waals surface area contributed by atoms with Crippen LogP contribution in [-0.4, -0.2) is 40.5 Å². The van der Waals surface area contributed by atoms with Crippen LogP contribution in [0.1, 0.15) is 64.3 Å². The number of para-hydroxylation sites is 1. The second kappa shape index (κ2) is 9.03. The monoisotopic (exact) mass is 402 g/mol. The Morgan fingerprint density at radius 1 is 1.14 bits per heavy atom. The van der Waals surface area contributed by atoms with Crippen molar-refractivity contribution in [2.24, 2.45) is 5.92 Å². The van der Waals surface area contributed by atoms with Crippen molar-refractivity contribution in [3.05, 3.63) is 29.3 Å². The summed E-state index contributed by atoms with van der Waals surface area (Å²) in [6.45, 7) is 7.72. The molecule has 0 bridgehead atoms. The molecule has 1 heterocycles. The van der Waals surface area contributed by atoms with E-state index < -0.39 is 0 Å². The van der Waals surface area contributed by atoms with Gasteiger partial charge in [0.2, 0.25) is 0 Å². The molecular weight excluding hydrogens is 372 g/mol. The second-order valence-electron chi connectivity index (χ2n) is 8.11. The van der Waals surface area contributed by atoms with Gasteiger partial charge in [0.15, 0.2) is 6.61 Å². The van der Waals surface area contributed by atoms with Gasteiger partial charge in [0, 0.05) is 18.0 Å². The van der Waals surface area contributed by atoms with Crippen LogP contribution < -0.4 is 0 Å². The normalized spacial score (nSPS) is 19.9. The fourth-order valence-electron chi connectivity index (χ4n) is 4.24. The molecule has 2 atom stereocenters. The number of ether oxygens (including phenoxy) is 1. The fourth-order valence-corrected chi connectivity index (χ4v) is 5.41. The standard InChI is InChI=1S/C22H30N2O3S/c1-14(2)24(15(3)4)20(25)13-27-22(26)17-10-6-5-9-16(17)21-23-18-11-7-8-12-19(18)28-21/h7-8,11-12,14-17H,5-6,9-10,13H2,1-4H3/t16-,17-/m0/s1. The number of carbonyl (C=O) groups excluding carboxylic acids is 2. The lowest BCUT2D eigenvalue weighted by molar-refractivity contribution is -0.158. The maximum atomic E-state index is 12.8. The summed E-state index contributed by atoms with van der Waals surface area (Å²) in [5.74, 6) is -0.524. The van der Waals surface area contributed by atoms with Crippen LogP contribution in [0.3, 0.4) is 0 Å². The lowest BCUT2D eigenvalue weighted by Crippen LogP contribution is -2.44. The van der Waals surface area contributed by atoms with Crippen molar-refractivity contribution in [1.82, 2.24) is 9.88 Å². The number of fused-ring (bicyclic) bond motifs is 1. The lowest BCUT2D eigenvalue weighted by atomic mass is 9.79. The number of thiazole rings is 1. The largest absolute Gasteiger partial charge is 0.455 e. The Balaban J connectivity index is 1.69. The number of hydrogen-bond donors (Lipinski definition) is 0. The summed E-state index contributed by atoms with van der Waals surface area (Å²) in [6.07, 6.45) is 3.85. The van der Waals surface area contributed by atoms with E-state index in [2.05, 4.69) is 6.07 Å². The lowest BCUT2D eigenvalue weighted by Gasteiger charge is -2.31. The van der Waals surface area contributed by atoms with Gasteiger partial charge in [-0.2, -0.15) is 0 Å². The van der Waals surface area contributed by atoms with Crippen LogP contribution in [0.15, 0.2) is 24.3 Å². The Morgan fingerprint density at radius 2 is 1.82 bits per heavy atom. The summed E-state index contributed by atoms with van der Waals surface area (Å²) in [5.41, 5.74) is 0.986. The van der Waals surface area contributed by atoms with E-state index in [1.807, 2.05) is 45.9 Å². The molecule has 0 saturated heterocycles. The Morgan fingerprint density at radius 3 is 2.50 bits per heavy atom. The summed E-state index contributed by atoms with van der Waals surface area (Å²) in [6, 6.07) is 8.23. The summed E-state index contributed by atoms with van der Waals surface area (Å²) in [5, 5.41) is 1.01. The van der Waals surface area contributed by atoms with Gasteiger partial charge in [0.1, 0.15) is 0 Å². The Labute approximate surface area is 171 Å². The molecule has 1 amide bonds. The molecule has 1 aromatic heterocycles. The van der Waals surface area contributed by atoms with E-state index in [1.165, 1.54) is 0 Å². The number of esters is 1. The topological polar surface area (TPSA) is 59.5 Å². The highest BCUT2D eigenvalue weighted by Crippen LogP contribution is 2.41. The molecule has 0 N–H and O–H groups in total. The molecule has 0 unspecified atom stereocenters. The van der Waals surface area contributed by atoms with Gasteiger partial charge in [-0.15, -0.1) is 11.3 Å². The molecule has 3 rings (SSSR count). The molecule has 1 fully saturated rings. The van der Waals surface area contributed by atoms with Crippen molar-refractivity contribution in [2.75, 3.05) is 6.61 Å². The van der Waals surface area contributed by atoms with Crippen LogP contribution in [-0.2, 0) is 14.3 Å². The minimum absolute atomic E-state index is 0.0800. The van der Waals surface area contributed by atoms with E-state index in [9.17, 15) is 9.59 Å². The third-order valence-electron chi connectivity index (χ3n) is 5.43. The van der Waals surface area contributed by atoms with Crippen molar-refractivity contribution in [3.63, 3.8) is 0 Å². The summed E-state index contributed by atoms with van der Waals surface area (Å²) < 4.78 is 6.65. The maximum Gasteiger partial charge on any atom is 0.310 e. The Hall–Kier alpha value is -1.95. The number of nitrogens with zero attached hydrogens (tertiary/aromatic N) is 2. The third kappa shape index (κ3) is 4.54. The smallest absolute Gasteiger partial charge is 0.310 e. The van der Waals surface area contributed by atoms with Gasteiger partial charge in [0.05, 0.1) is 21.1 Å². The molecule has 1 aliphatic carbocycles. The van der Waals surface area contributed by atoms with Gasteiger partial charge >= 0.3 is 5.97 Å². The van der Waals surface area contributed by atoms with E-state index in [0.29, 0.717) is 0 Å². The van der Waals surface area contributed by atoms with E-state index in [4.69, 9.17) is 9.72 Å². The molecule has 1 saturated carbocycles. The van der Waals surface area contributed by atoms with Crippen molar-refractivity contribution in [1.29, 1.82) is 0 Å². The van der Waals surface area contributed by atoms with Crippen LogP contribution >= 0.6 is 11.3 Å². The van der Waals surface area contributed by atoms with Crippen LogP contribution in [0, 0.1) is 5.92 Å². The molecule has 2 aromatic rings. The first-order valence-electron chi connectivity index (χ1n) is 10.2. The summed E-state index contributed by atoms with van der Waals surface area (Å²) in [7, 11) is 0. The molecule has 0 radical (unpaired) electrons. The highest BCUT2D eigenvalue weighted by Gasteiger charge is 2.35. The predicted molar refractivity (Wildman–Crippen MR) is 112 cm³/mol. The quantitative estimate of drug-likeness (QED) is 0.654. The zero-order valence-electron chi connectivity index (χ0n) is 17.2. The SMILES string of the molecule is CC(C)N(C(=O)COC(=O)[C@H]1CCCC[C@@H]1c1nc2ccccc2s1)C(C)C. The van der Waals surface area contributed by atoms with E-state index in [-0.39, 0.29) is 42.4 Å². The average molecular weight is 403 g/mol. The maximum absolute atomic E-state index is 12.8. The number of aromatic nitrogens is 1.